The highest BCUT2D eigenvalue weighted by molar-refractivity contribution is 7.25. The summed E-state index contributed by atoms with van der Waals surface area (Å²) in [7, 11) is 0. The highest BCUT2D eigenvalue weighted by atomic mass is 32.1. The van der Waals surface area contributed by atoms with Gasteiger partial charge in [0, 0.05) is 27.7 Å². The molecule has 0 atom stereocenters. The SMILES string of the molecule is CC(C)CC1(CC(C)C)c2c(sc3c2-c2cc(F)c(F)cc2C3=O)-c2sc3c(c21)-c1cc(F)c(F)cc1C3=O. The Morgan fingerprint density at radius 2 is 0.923 bits per heavy atom. The quantitative estimate of drug-likeness (QED) is 0.199. The van der Waals surface area contributed by atoms with Gasteiger partial charge in [0.05, 0.1) is 19.5 Å². The maximum absolute atomic E-state index is 14.5. The van der Waals surface area contributed by atoms with E-state index in [0.717, 1.165) is 45.1 Å². The van der Waals surface area contributed by atoms with Crippen LogP contribution in [0.2, 0.25) is 0 Å². The van der Waals surface area contributed by atoms with E-state index in [2.05, 4.69) is 27.7 Å². The van der Waals surface area contributed by atoms with Crippen LogP contribution in [0.15, 0.2) is 24.3 Å². The van der Waals surface area contributed by atoms with Crippen molar-refractivity contribution in [3.05, 3.63) is 79.5 Å². The van der Waals surface area contributed by atoms with Gasteiger partial charge in [0.15, 0.2) is 23.3 Å². The van der Waals surface area contributed by atoms with Crippen LogP contribution in [-0.2, 0) is 5.41 Å². The van der Waals surface area contributed by atoms with Crippen molar-refractivity contribution < 1.29 is 27.2 Å². The molecule has 0 bridgehead atoms. The maximum atomic E-state index is 14.5. The van der Waals surface area contributed by atoms with E-state index in [0.29, 0.717) is 44.8 Å². The van der Waals surface area contributed by atoms with Crippen molar-refractivity contribution in [1.29, 1.82) is 0 Å². The maximum Gasteiger partial charge on any atom is 0.204 e. The van der Waals surface area contributed by atoms with Gasteiger partial charge in [-0.15, -0.1) is 22.7 Å². The Balaban J connectivity index is 1.60. The fourth-order valence-electron chi connectivity index (χ4n) is 7.07. The first kappa shape index (κ1) is 24.9. The van der Waals surface area contributed by atoms with Gasteiger partial charge in [-0.25, -0.2) is 17.6 Å². The summed E-state index contributed by atoms with van der Waals surface area (Å²) in [6, 6.07) is 4.19. The van der Waals surface area contributed by atoms with Crippen LogP contribution in [0.4, 0.5) is 17.6 Å². The molecule has 8 heteroatoms. The second-order valence-electron chi connectivity index (χ2n) is 11.6. The van der Waals surface area contributed by atoms with Gasteiger partial charge in [0.1, 0.15) is 0 Å². The van der Waals surface area contributed by atoms with E-state index in [1.807, 2.05) is 0 Å². The summed E-state index contributed by atoms with van der Waals surface area (Å²) in [6.45, 7) is 8.39. The highest BCUT2D eigenvalue weighted by Crippen LogP contribution is 2.68. The lowest BCUT2D eigenvalue weighted by atomic mass is 9.66. The molecule has 0 N–H and O–H groups in total. The number of carbonyl (C=O) groups excluding carboxylic acids is 2. The molecule has 3 aliphatic rings. The minimum absolute atomic E-state index is 0.152. The molecule has 2 heterocycles. The zero-order chi connectivity index (χ0) is 27.7. The van der Waals surface area contributed by atoms with Gasteiger partial charge in [0.2, 0.25) is 11.6 Å². The van der Waals surface area contributed by atoms with Gasteiger partial charge in [-0.05, 0) is 71.2 Å². The molecule has 0 aliphatic heterocycles. The average molecular weight is 567 g/mol. The summed E-state index contributed by atoms with van der Waals surface area (Å²) in [6.07, 6.45) is 1.33. The van der Waals surface area contributed by atoms with Crippen molar-refractivity contribution in [2.75, 3.05) is 0 Å². The third kappa shape index (κ3) is 3.07. The Hall–Kier alpha value is -3.10. The lowest BCUT2D eigenvalue weighted by molar-refractivity contribution is 0.103. The average Bonchev–Trinajstić information content (AvgIpc) is 3.59. The zero-order valence-electron chi connectivity index (χ0n) is 21.5. The minimum Gasteiger partial charge on any atom is -0.288 e. The van der Waals surface area contributed by atoms with E-state index in [4.69, 9.17) is 0 Å². The van der Waals surface area contributed by atoms with Gasteiger partial charge >= 0.3 is 0 Å². The molecule has 0 spiro atoms. The number of halogens is 4. The van der Waals surface area contributed by atoms with Crippen molar-refractivity contribution in [3.8, 4) is 32.0 Å². The Labute approximate surface area is 230 Å². The van der Waals surface area contributed by atoms with Gasteiger partial charge in [-0.1, -0.05) is 27.7 Å². The summed E-state index contributed by atoms with van der Waals surface area (Å²) < 4.78 is 57.5. The van der Waals surface area contributed by atoms with Crippen LogP contribution in [-0.4, -0.2) is 11.6 Å². The molecule has 0 radical (unpaired) electrons. The summed E-state index contributed by atoms with van der Waals surface area (Å²) in [5.41, 5.74) is 3.52. The topological polar surface area (TPSA) is 34.1 Å². The molecule has 7 rings (SSSR count). The first-order valence-corrected chi connectivity index (χ1v) is 14.5. The molecule has 0 fully saturated rings. The van der Waals surface area contributed by atoms with Crippen molar-refractivity contribution >= 4 is 34.2 Å². The number of ketones is 2. The van der Waals surface area contributed by atoms with Crippen LogP contribution in [0.3, 0.4) is 0 Å². The van der Waals surface area contributed by atoms with Crippen molar-refractivity contribution in [1.82, 2.24) is 0 Å². The Morgan fingerprint density at radius 3 is 1.26 bits per heavy atom. The molecule has 198 valence electrons. The number of fused-ring (bicyclic) bond motifs is 11. The first-order chi connectivity index (χ1) is 18.4. The molecule has 3 aliphatic carbocycles. The van der Waals surface area contributed by atoms with Crippen LogP contribution in [0, 0.1) is 35.1 Å². The van der Waals surface area contributed by atoms with Gasteiger partial charge < -0.3 is 0 Å². The Morgan fingerprint density at radius 1 is 0.590 bits per heavy atom. The Bertz CT molecular complexity index is 1680. The second-order valence-corrected chi connectivity index (χ2v) is 13.6. The number of rotatable bonds is 4. The molecule has 4 aromatic rings. The number of benzene rings is 2. The molecule has 0 unspecified atom stereocenters. The first-order valence-electron chi connectivity index (χ1n) is 12.9. The van der Waals surface area contributed by atoms with E-state index in [9.17, 15) is 27.2 Å². The zero-order valence-corrected chi connectivity index (χ0v) is 23.2. The second kappa shape index (κ2) is 7.98. The summed E-state index contributed by atoms with van der Waals surface area (Å²) in [4.78, 5) is 29.5. The predicted molar refractivity (Wildman–Crippen MR) is 145 cm³/mol. The number of thiophene rings is 2. The molecule has 2 nitrogen and oxygen atoms in total. The lowest BCUT2D eigenvalue weighted by Crippen LogP contribution is -2.30. The largest absolute Gasteiger partial charge is 0.288 e. The third-order valence-electron chi connectivity index (χ3n) is 8.05. The molecular formula is C31H22F4O2S2. The Kier molecular flexibility index (Phi) is 5.10. The standard InChI is InChI=1S/C31H22F4O2S2/c1-11(2)9-31(10-12(3)4)23-21-13-5-17(32)19(34)7-15(13)25(36)27(21)38-29(23)30-24(31)22-14-6-18(33)20(35)8-16(14)26(37)28(22)39-30/h5-8,11-12H,9-10H2,1-4H3. The normalized spacial score (nSPS) is 15.6. The van der Waals surface area contributed by atoms with Gasteiger partial charge in [-0.3, -0.25) is 9.59 Å². The number of hydrogen-bond acceptors (Lipinski definition) is 4. The van der Waals surface area contributed by atoms with E-state index in [-0.39, 0.29) is 34.5 Å². The molecule has 0 amide bonds. The fraction of sp³-hybridized carbons (Fsp3) is 0.290. The predicted octanol–water partition coefficient (Wildman–Crippen LogP) is 9.15. The van der Waals surface area contributed by atoms with E-state index < -0.39 is 28.7 Å². The van der Waals surface area contributed by atoms with Crippen molar-refractivity contribution in [2.24, 2.45) is 11.8 Å². The van der Waals surface area contributed by atoms with E-state index in [1.54, 1.807) is 0 Å². The monoisotopic (exact) mass is 566 g/mol. The number of carbonyl (C=O) groups is 2. The summed E-state index contributed by atoms with van der Waals surface area (Å²) >= 11 is 2.60. The molecule has 39 heavy (non-hydrogen) atoms. The highest BCUT2D eigenvalue weighted by Gasteiger charge is 2.54. The van der Waals surface area contributed by atoms with E-state index >= 15 is 0 Å². The lowest BCUT2D eigenvalue weighted by Gasteiger charge is -2.36. The van der Waals surface area contributed by atoms with Gasteiger partial charge in [0.25, 0.3) is 0 Å². The van der Waals surface area contributed by atoms with Crippen LogP contribution in [0.25, 0.3) is 32.0 Å². The van der Waals surface area contributed by atoms with Crippen LogP contribution in [0.5, 0.6) is 0 Å². The smallest absolute Gasteiger partial charge is 0.204 e. The van der Waals surface area contributed by atoms with Crippen LogP contribution >= 0.6 is 22.7 Å². The fourth-order valence-corrected chi connectivity index (χ4v) is 9.95. The molecule has 2 aromatic carbocycles. The summed E-state index contributed by atoms with van der Waals surface area (Å²) in [5, 5.41) is 0. The number of hydrogen-bond donors (Lipinski definition) is 0. The van der Waals surface area contributed by atoms with Crippen LogP contribution < -0.4 is 0 Å². The molecular weight excluding hydrogens is 544 g/mol. The van der Waals surface area contributed by atoms with Gasteiger partial charge in [-0.2, -0.15) is 0 Å². The molecule has 0 saturated heterocycles. The molecule has 0 saturated carbocycles. The van der Waals surface area contributed by atoms with Crippen molar-refractivity contribution in [2.45, 2.75) is 46.0 Å². The minimum atomic E-state index is -1.06. The molecule has 2 aromatic heterocycles. The third-order valence-corrected chi connectivity index (χ3v) is 10.6. The van der Waals surface area contributed by atoms with E-state index in [1.165, 1.54) is 22.7 Å². The van der Waals surface area contributed by atoms with Crippen molar-refractivity contribution in [3.63, 3.8) is 0 Å². The van der Waals surface area contributed by atoms with Crippen LogP contribution in [0.1, 0.15) is 82.1 Å². The summed E-state index contributed by atoms with van der Waals surface area (Å²) in [5.74, 6) is -4.43.